The van der Waals surface area contributed by atoms with Gasteiger partial charge in [-0.3, -0.25) is 9.10 Å². The zero-order valence-corrected chi connectivity index (χ0v) is 16.9. The summed E-state index contributed by atoms with van der Waals surface area (Å²) in [5, 5.41) is 12.2. The number of halogens is 3. The summed E-state index contributed by atoms with van der Waals surface area (Å²) in [4.78, 5) is 12.1. The van der Waals surface area contributed by atoms with Gasteiger partial charge in [0.05, 0.1) is 23.7 Å². The lowest BCUT2D eigenvalue weighted by Gasteiger charge is -2.22. The zero-order valence-electron chi connectivity index (χ0n) is 16.1. The van der Waals surface area contributed by atoms with Gasteiger partial charge in [0.1, 0.15) is 18.4 Å². The van der Waals surface area contributed by atoms with Gasteiger partial charge in [-0.2, -0.15) is 23.5 Å². The quantitative estimate of drug-likeness (QED) is 0.487. The highest BCUT2D eigenvalue weighted by atomic mass is 32.2. The molecule has 164 valence electrons. The summed E-state index contributed by atoms with van der Waals surface area (Å²) >= 11 is 0. The van der Waals surface area contributed by atoms with Crippen molar-refractivity contribution in [2.45, 2.75) is 6.18 Å². The van der Waals surface area contributed by atoms with Crippen LogP contribution in [0, 0.1) is 11.3 Å². The Bertz CT molecular complexity index is 1090. The highest BCUT2D eigenvalue weighted by Gasteiger charge is 2.31. The normalized spacial score (nSPS) is 11.7. The Labute approximate surface area is 176 Å². The van der Waals surface area contributed by atoms with Gasteiger partial charge < -0.3 is 4.74 Å². The maximum Gasteiger partial charge on any atom is 0.416 e. The van der Waals surface area contributed by atoms with E-state index in [9.17, 15) is 26.4 Å². The van der Waals surface area contributed by atoms with Crippen molar-refractivity contribution in [2.24, 2.45) is 5.10 Å². The number of nitrogens with zero attached hydrogens (tertiary/aromatic N) is 3. The van der Waals surface area contributed by atoms with Crippen molar-refractivity contribution in [3.63, 3.8) is 0 Å². The van der Waals surface area contributed by atoms with E-state index in [0.29, 0.717) is 21.7 Å². The molecule has 0 bridgehead atoms. The van der Waals surface area contributed by atoms with E-state index >= 15 is 0 Å². The summed E-state index contributed by atoms with van der Waals surface area (Å²) in [6.07, 6.45) is -2.61. The molecule has 2 aromatic rings. The number of hydrogen-bond acceptors (Lipinski definition) is 6. The minimum Gasteiger partial charge on any atom is -0.479 e. The molecule has 0 aliphatic rings. The maximum absolute atomic E-state index is 12.9. The number of anilines is 1. The van der Waals surface area contributed by atoms with Crippen molar-refractivity contribution >= 4 is 27.8 Å². The lowest BCUT2D eigenvalue weighted by atomic mass is 10.2. The molecule has 0 aromatic heterocycles. The Morgan fingerprint density at radius 2 is 1.94 bits per heavy atom. The topological polar surface area (TPSA) is 112 Å². The summed E-state index contributed by atoms with van der Waals surface area (Å²) in [5.41, 5.74) is 1.35. The molecular weight excluding hydrogens is 437 g/mol. The first-order chi connectivity index (χ1) is 14.5. The molecule has 0 aliphatic carbocycles. The van der Waals surface area contributed by atoms with E-state index in [1.807, 2.05) is 6.07 Å². The summed E-state index contributed by atoms with van der Waals surface area (Å²) in [7, 11) is -4.05. The number of sulfonamides is 1. The molecule has 1 N–H and O–H groups in total. The van der Waals surface area contributed by atoms with Crippen LogP contribution in [-0.2, 0) is 21.0 Å². The van der Waals surface area contributed by atoms with Crippen LogP contribution >= 0.6 is 0 Å². The summed E-state index contributed by atoms with van der Waals surface area (Å²) < 4.78 is 68.4. The molecule has 0 saturated heterocycles. The summed E-state index contributed by atoms with van der Waals surface area (Å²) in [6, 6.07) is 11.9. The van der Waals surface area contributed by atoms with Gasteiger partial charge in [-0.25, -0.2) is 13.8 Å². The highest BCUT2D eigenvalue weighted by Crippen LogP contribution is 2.32. The number of amides is 1. The van der Waals surface area contributed by atoms with E-state index < -0.39 is 34.2 Å². The molecule has 0 radical (unpaired) electrons. The predicted molar refractivity (Wildman–Crippen MR) is 107 cm³/mol. The number of alkyl halides is 3. The van der Waals surface area contributed by atoms with Gasteiger partial charge in [-0.05, 0) is 48.0 Å². The SMILES string of the molecule is CS(=O)(=O)N(CC(=O)N/N=C\c1ccc(OCC#N)cc1)c1cccc(C(F)(F)F)c1. The van der Waals surface area contributed by atoms with Crippen LogP contribution in [0.4, 0.5) is 18.9 Å². The smallest absolute Gasteiger partial charge is 0.416 e. The molecule has 0 unspecified atom stereocenters. The molecule has 2 aromatic carbocycles. The van der Waals surface area contributed by atoms with Crippen LogP contribution in [-0.4, -0.2) is 39.9 Å². The first-order valence-electron chi connectivity index (χ1n) is 8.57. The molecule has 0 fully saturated rings. The van der Waals surface area contributed by atoms with Crippen LogP contribution in [0.1, 0.15) is 11.1 Å². The van der Waals surface area contributed by atoms with Crippen molar-refractivity contribution in [2.75, 3.05) is 23.7 Å². The van der Waals surface area contributed by atoms with Crippen LogP contribution in [0.25, 0.3) is 0 Å². The van der Waals surface area contributed by atoms with Crippen molar-refractivity contribution in [3.05, 3.63) is 59.7 Å². The number of nitriles is 1. The lowest BCUT2D eigenvalue weighted by Crippen LogP contribution is -2.39. The minimum absolute atomic E-state index is 0.105. The number of hydrazone groups is 1. The van der Waals surface area contributed by atoms with Gasteiger partial charge in [0.2, 0.25) is 10.0 Å². The monoisotopic (exact) mass is 454 g/mol. The molecule has 1 amide bonds. The fourth-order valence-electron chi connectivity index (χ4n) is 2.35. The Morgan fingerprint density at radius 3 is 2.52 bits per heavy atom. The second-order valence-electron chi connectivity index (χ2n) is 6.13. The van der Waals surface area contributed by atoms with Crippen LogP contribution in [0.15, 0.2) is 53.6 Å². The third-order valence-electron chi connectivity index (χ3n) is 3.74. The molecule has 0 spiro atoms. The number of benzene rings is 2. The third kappa shape index (κ3) is 7.31. The minimum atomic E-state index is -4.67. The Morgan fingerprint density at radius 1 is 1.26 bits per heavy atom. The number of ether oxygens (including phenoxy) is 1. The molecule has 0 aliphatic heterocycles. The summed E-state index contributed by atoms with van der Waals surface area (Å²) in [5.74, 6) is -0.388. The fraction of sp³-hybridized carbons (Fsp3) is 0.211. The van der Waals surface area contributed by atoms with Crippen molar-refractivity contribution < 1.29 is 31.1 Å². The Kier molecular flexibility index (Phi) is 7.60. The number of rotatable bonds is 8. The first-order valence-corrected chi connectivity index (χ1v) is 10.4. The van der Waals surface area contributed by atoms with Gasteiger partial charge in [-0.1, -0.05) is 6.07 Å². The number of carbonyl (C=O) groups is 1. The van der Waals surface area contributed by atoms with Gasteiger partial charge in [-0.15, -0.1) is 0 Å². The van der Waals surface area contributed by atoms with E-state index in [4.69, 9.17) is 10.00 Å². The van der Waals surface area contributed by atoms with Crippen molar-refractivity contribution in [3.8, 4) is 11.8 Å². The van der Waals surface area contributed by atoms with Gasteiger partial charge in [0.15, 0.2) is 6.61 Å². The Balaban J connectivity index is 2.07. The van der Waals surface area contributed by atoms with Crippen molar-refractivity contribution in [1.82, 2.24) is 5.43 Å². The highest BCUT2D eigenvalue weighted by molar-refractivity contribution is 7.92. The van der Waals surface area contributed by atoms with Gasteiger partial charge in [0, 0.05) is 0 Å². The molecule has 12 heteroatoms. The molecule has 0 atom stereocenters. The average Bonchev–Trinajstić information content (AvgIpc) is 2.70. The molecule has 0 saturated carbocycles. The molecule has 2 rings (SSSR count). The molecule has 0 heterocycles. The van der Waals surface area contributed by atoms with E-state index in [1.165, 1.54) is 6.21 Å². The molecule has 31 heavy (non-hydrogen) atoms. The third-order valence-corrected chi connectivity index (χ3v) is 4.88. The molecular formula is C19H17F3N4O4S. The molecule has 8 nitrogen and oxygen atoms in total. The van der Waals surface area contributed by atoms with E-state index in [0.717, 1.165) is 24.5 Å². The zero-order chi connectivity index (χ0) is 23.1. The van der Waals surface area contributed by atoms with Crippen LogP contribution < -0.4 is 14.5 Å². The second kappa shape index (κ2) is 9.94. The van der Waals surface area contributed by atoms with Crippen LogP contribution in [0.3, 0.4) is 0 Å². The van der Waals surface area contributed by atoms with Gasteiger partial charge in [0.25, 0.3) is 5.91 Å². The largest absolute Gasteiger partial charge is 0.479 e. The number of nitrogens with one attached hydrogen (secondary N) is 1. The standard InChI is InChI=1S/C19H17F3N4O4S/c1-31(28,29)26(16-4-2-3-15(11-16)19(20,21)22)13-18(27)25-24-12-14-5-7-17(8-6-14)30-10-9-23/h2-8,11-12H,10,13H2,1H3,(H,25,27)/b24-12-. The predicted octanol–water partition coefficient (Wildman–Crippen LogP) is 2.52. The lowest BCUT2D eigenvalue weighted by molar-refractivity contribution is -0.137. The van der Waals surface area contributed by atoms with Gasteiger partial charge >= 0.3 is 6.18 Å². The average molecular weight is 454 g/mol. The van der Waals surface area contributed by atoms with E-state index in [-0.39, 0.29) is 12.3 Å². The number of carbonyl (C=O) groups excluding carboxylic acids is 1. The fourth-order valence-corrected chi connectivity index (χ4v) is 3.20. The Hall–Kier alpha value is -3.59. The first kappa shape index (κ1) is 23.7. The van der Waals surface area contributed by atoms with E-state index in [1.54, 1.807) is 24.3 Å². The van der Waals surface area contributed by atoms with Crippen LogP contribution in [0.5, 0.6) is 5.75 Å². The second-order valence-corrected chi connectivity index (χ2v) is 8.03. The van der Waals surface area contributed by atoms with E-state index in [2.05, 4.69) is 10.5 Å². The van der Waals surface area contributed by atoms with Crippen LogP contribution in [0.2, 0.25) is 0 Å². The van der Waals surface area contributed by atoms with Crippen molar-refractivity contribution in [1.29, 1.82) is 5.26 Å². The maximum atomic E-state index is 12.9. The number of hydrogen-bond donors (Lipinski definition) is 1. The summed E-state index contributed by atoms with van der Waals surface area (Å²) in [6.45, 7) is -0.870.